The number of imidazole rings is 1. The molecule has 1 unspecified atom stereocenters. The van der Waals surface area contributed by atoms with Gasteiger partial charge in [0.1, 0.15) is 5.65 Å². The van der Waals surface area contributed by atoms with Gasteiger partial charge in [0.25, 0.3) is 5.91 Å². The van der Waals surface area contributed by atoms with Crippen LogP contribution in [0.1, 0.15) is 28.4 Å². The molecular formula is C15H16N6O. The van der Waals surface area contributed by atoms with Gasteiger partial charge in [0.15, 0.2) is 0 Å². The quantitative estimate of drug-likeness (QED) is 0.745. The van der Waals surface area contributed by atoms with Crippen LogP contribution in [0.15, 0.2) is 36.9 Å². The summed E-state index contributed by atoms with van der Waals surface area (Å²) in [4.78, 5) is 18.7. The van der Waals surface area contributed by atoms with Crippen molar-refractivity contribution in [3.8, 4) is 0 Å². The molecule has 0 spiro atoms. The predicted octanol–water partition coefficient (Wildman–Crippen LogP) is 1.27. The minimum Gasteiger partial charge on any atom is -0.396 e. The first-order valence-electron chi connectivity index (χ1n) is 7.23. The molecule has 0 saturated carbocycles. The highest BCUT2D eigenvalue weighted by Crippen LogP contribution is 2.29. The van der Waals surface area contributed by atoms with Gasteiger partial charge < -0.3 is 15.0 Å². The molecule has 4 heterocycles. The number of nitrogen functional groups attached to an aromatic ring is 1. The highest BCUT2D eigenvalue weighted by Gasteiger charge is 2.30. The number of rotatable bonds is 2. The zero-order valence-electron chi connectivity index (χ0n) is 11.9. The molecule has 7 heteroatoms. The molecule has 1 aliphatic rings. The number of aromatic nitrogens is 4. The third-order valence-corrected chi connectivity index (χ3v) is 4.22. The van der Waals surface area contributed by atoms with Crippen LogP contribution in [0.25, 0.3) is 5.65 Å². The summed E-state index contributed by atoms with van der Waals surface area (Å²) in [6.45, 7) is 1.39. The summed E-state index contributed by atoms with van der Waals surface area (Å²) in [5, 5.41) is 6.90. The van der Waals surface area contributed by atoms with E-state index in [1.807, 2.05) is 33.8 Å². The van der Waals surface area contributed by atoms with Gasteiger partial charge >= 0.3 is 0 Å². The molecule has 1 atom stereocenters. The second-order valence-corrected chi connectivity index (χ2v) is 5.59. The number of H-pyrrole nitrogens is 1. The Morgan fingerprint density at radius 2 is 2.32 bits per heavy atom. The van der Waals surface area contributed by atoms with Crippen LogP contribution in [-0.2, 0) is 0 Å². The molecule has 3 aromatic heterocycles. The van der Waals surface area contributed by atoms with Gasteiger partial charge in [-0.2, -0.15) is 5.10 Å². The largest absolute Gasteiger partial charge is 0.396 e. The van der Waals surface area contributed by atoms with Crippen molar-refractivity contribution in [3.63, 3.8) is 0 Å². The lowest BCUT2D eigenvalue weighted by molar-refractivity contribution is 0.0790. The second-order valence-electron chi connectivity index (χ2n) is 5.59. The van der Waals surface area contributed by atoms with Crippen molar-refractivity contribution in [1.29, 1.82) is 0 Å². The summed E-state index contributed by atoms with van der Waals surface area (Å²) in [6, 6.07) is 3.68. The number of carbonyl (C=O) groups excluding carboxylic acids is 1. The van der Waals surface area contributed by atoms with Gasteiger partial charge in [-0.15, -0.1) is 0 Å². The van der Waals surface area contributed by atoms with Gasteiger partial charge in [-0.05, 0) is 18.6 Å². The normalized spacial score (nSPS) is 18.2. The summed E-state index contributed by atoms with van der Waals surface area (Å²) in [6.07, 6.45) is 7.89. The molecule has 22 heavy (non-hydrogen) atoms. The van der Waals surface area contributed by atoms with Crippen LogP contribution in [-0.4, -0.2) is 43.5 Å². The molecule has 1 saturated heterocycles. The van der Waals surface area contributed by atoms with Crippen molar-refractivity contribution in [2.24, 2.45) is 0 Å². The zero-order valence-corrected chi connectivity index (χ0v) is 11.9. The Kier molecular flexibility index (Phi) is 2.85. The molecule has 1 fully saturated rings. The smallest absolute Gasteiger partial charge is 0.255 e. The van der Waals surface area contributed by atoms with E-state index in [-0.39, 0.29) is 11.8 Å². The van der Waals surface area contributed by atoms with E-state index in [0.29, 0.717) is 17.8 Å². The average Bonchev–Trinajstić information content (AvgIpc) is 3.25. The molecule has 3 N–H and O–H groups in total. The number of likely N-dealkylation sites (tertiary alicyclic amines) is 1. The van der Waals surface area contributed by atoms with E-state index in [9.17, 15) is 4.79 Å². The highest BCUT2D eigenvalue weighted by atomic mass is 16.2. The predicted molar refractivity (Wildman–Crippen MR) is 81.5 cm³/mol. The Bertz CT molecular complexity index is 835. The summed E-state index contributed by atoms with van der Waals surface area (Å²) in [5.41, 5.74) is 9.00. The Balaban J connectivity index is 1.55. The lowest BCUT2D eigenvalue weighted by atomic mass is 10.0. The topological polar surface area (TPSA) is 92.3 Å². The van der Waals surface area contributed by atoms with E-state index < -0.39 is 0 Å². The molecule has 0 aliphatic carbocycles. The summed E-state index contributed by atoms with van der Waals surface area (Å²) in [5.74, 6) is 0.264. The van der Waals surface area contributed by atoms with Crippen LogP contribution < -0.4 is 5.73 Å². The third-order valence-electron chi connectivity index (χ3n) is 4.22. The van der Waals surface area contributed by atoms with Crippen LogP contribution >= 0.6 is 0 Å². The van der Waals surface area contributed by atoms with Gasteiger partial charge in [0.2, 0.25) is 0 Å². The fourth-order valence-electron chi connectivity index (χ4n) is 3.04. The van der Waals surface area contributed by atoms with Crippen molar-refractivity contribution >= 4 is 17.2 Å². The molecule has 0 aromatic carbocycles. The second kappa shape index (κ2) is 4.87. The summed E-state index contributed by atoms with van der Waals surface area (Å²) in [7, 11) is 0. The number of amides is 1. The van der Waals surface area contributed by atoms with Gasteiger partial charge in [-0.25, -0.2) is 4.98 Å². The summed E-state index contributed by atoms with van der Waals surface area (Å²) < 4.78 is 1.85. The van der Waals surface area contributed by atoms with Crippen molar-refractivity contribution in [2.75, 3.05) is 18.8 Å². The minimum atomic E-state index is 0.0381. The third kappa shape index (κ3) is 2.02. The number of hydrogen-bond acceptors (Lipinski definition) is 4. The van der Waals surface area contributed by atoms with Crippen molar-refractivity contribution < 1.29 is 4.79 Å². The zero-order chi connectivity index (χ0) is 15.1. The molecule has 4 rings (SSSR count). The maximum absolute atomic E-state index is 12.6. The van der Waals surface area contributed by atoms with E-state index in [1.54, 1.807) is 12.4 Å². The number of carbonyl (C=O) groups is 1. The molecule has 1 aliphatic heterocycles. The number of nitrogens with two attached hydrogens (primary N) is 1. The molecule has 0 bridgehead atoms. The first kappa shape index (κ1) is 12.9. The molecule has 7 nitrogen and oxygen atoms in total. The van der Waals surface area contributed by atoms with Gasteiger partial charge in [-0.3, -0.25) is 9.89 Å². The number of hydrogen-bond donors (Lipinski definition) is 2. The Morgan fingerprint density at radius 3 is 3.14 bits per heavy atom. The van der Waals surface area contributed by atoms with Crippen LogP contribution in [0.5, 0.6) is 0 Å². The van der Waals surface area contributed by atoms with Gasteiger partial charge in [0, 0.05) is 37.6 Å². The molecule has 1 amide bonds. The lowest BCUT2D eigenvalue weighted by Gasteiger charge is -2.16. The monoisotopic (exact) mass is 296 g/mol. The van der Waals surface area contributed by atoms with Crippen LogP contribution in [0.3, 0.4) is 0 Å². The average molecular weight is 296 g/mol. The molecule has 0 radical (unpaired) electrons. The number of fused-ring (bicyclic) bond motifs is 1. The Hall–Kier alpha value is -2.83. The number of anilines is 1. The number of aromatic amines is 1. The maximum atomic E-state index is 12.6. The first-order valence-corrected chi connectivity index (χ1v) is 7.23. The van der Waals surface area contributed by atoms with Crippen LogP contribution in [0.2, 0.25) is 0 Å². The number of nitrogens with one attached hydrogen (secondary N) is 1. The van der Waals surface area contributed by atoms with Crippen LogP contribution in [0, 0.1) is 0 Å². The Labute approximate surface area is 126 Å². The van der Waals surface area contributed by atoms with Crippen LogP contribution in [0.4, 0.5) is 5.69 Å². The van der Waals surface area contributed by atoms with E-state index in [2.05, 4.69) is 15.2 Å². The highest BCUT2D eigenvalue weighted by molar-refractivity contribution is 5.94. The van der Waals surface area contributed by atoms with Crippen molar-refractivity contribution in [1.82, 2.24) is 24.5 Å². The molecule has 112 valence electrons. The van der Waals surface area contributed by atoms with E-state index in [4.69, 9.17) is 5.73 Å². The molecule has 3 aromatic rings. The summed E-state index contributed by atoms with van der Waals surface area (Å²) >= 11 is 0. The molecular weight excluding hydrogens is 280 g/mol. The number of nitrogens with zero attached hydrogens (tertiary/aromatic N) is 4. The fourth-order valence-corrected chi connectivity index (χ4v) is 3.04. The first-order chi connectivity index (χ1) is 10.7. The SMILES string of the molecule is Nc1cn[nH]c1C1CCN(C(=O)c2ccc3nccn3c2)C1. The standard InChI is InChI=1S/C15H16N6O/c16-12-7-18-19-14(12)10-3-5-21(8-10)15(22)11-1-2-13-17-4-6-20(13)9-11/h1-2,4,6-7,9-10H,3,5,8,16H2,(H,18,19). The van der Waals surface area contributed by atoms with E-state index >= 15 is 0 Å². The van der Waals surface area contributed by atoms with E-state index in [0.717, 1.165) is 24.3 Å². The van der Waals surface area contributed by atoms with Gasteiger partial charge in [-0.1, -0.05) is 0 Å². The minimum absolute atomic E-state index is 0.0381. The maximum Gasteiger partial charge on any atom is 0.255 e. The van der Waals surface area contributed by atoms with Crippen molar-refractivity contribution in [2.45, 2.75) is 12.3 Å². The number of pyridine rings is 1. The van der Waals surface area contributed by atoms with Gasteiger partial charge in [0.05, 0.1) is 23.1 Å². The lowest BCUT2D eigenvalue weighted by Crippen LogP contribution is -2.28. The Morgan fingerprint density at radius 1 is 1.41 bits per heavy atom. The fraction of sp³-hybridized carbons (Fsp3) is 0.267. The van der Waals surface area contributed by atoms with Crippen molar-refractivity contribution in [3.05, 3.63) is 48.2 Å². The van der Waals surface area contributed by atoms with E-state index in [1.165, 1.54) is 0 Å².